The van der Waals surface area contributed by atoms with Crippen LogP contribution in [0.15, 0.2) is 35.2 Å². The average molecular weight is 481 g/mol. The first-order valence-electron chi connectivity index (χ1n) is 12.5. The maximum atomic E-state index is 13.5. The molecule has 4 N–H and O–H groups in total. The molecule has 0 spiro atoms. The SMILES string of the molecule is CC1=CC(C)=C(CNC(=O)c2cc(C3CC(C)(C)NC(C)(C)C3)nc3c2cnn3C(C)C)C(O)N1. The fourth-order valence-electron chi connectivity index (χ4n) is 5.83. The van der Waals surface area contributed by atoms with E-state index in [-0.39, 0.29) is 35.5 Å². The Morgan fingerprint density at radius 2 is 1.89 bits per heavy atom. The smallest absolute Gasteiger partial charge is 0.252 e. The molecule has 2 aromatic rings. The zero-order valence-corrected chi connectivity index (χ0v) is 22.3. The number of rotatable bonds is 5. The summed E-state index contributed by atoms with van der Waals surface area (Å²) < 4.78 is 1.89. The topological polar surface area (TPSA) is 104 Å². The number of nitrogens with zero attached hydrogens (tertiary/aromatic N) is 3. The predicted molar refractivity (Wildman–Crippen MR) is 139 cm³/mol. The van der Waals surface area contributed by atoms with E-state index in [1.165, 1.54) is 0 Å². The normalized spacial score (nSPS) is 22.3. The van der Waals surface area contributed by atoms with Crippen LogP contribution < -0.4 is 16.0 Å². The third-order valence-corrected chi connectivity index (χ3v) is 7.00. The number of aliphatic hydroxyl groups is 1. The van der Waals surface area contributed by atoms with Gasteiger partial charge in [-0.2, -0.15) is 5.10 Å². The van der Waals surface area contributed by atoms with Crippen molar-refractivity contribution in [3.8, 4) is 0 Å². The molecule has 2 aromatic heterocycles. The van der Waals surface area contributed by atoms with Gasteiger partial charge in [-0.25, -0.2) is 9.67 Å². The fourth-order valence-corrected chi connectivity index (χ4v) is 5.83. The van der Waals surface area contributed by atoms with E-state index < -0.39 is 6.23 Å². The highest BCUT2D eigenvalue weighted by atomic mass is 16.3. The number of amides is 1. The van der Waals surface area contributed by atoms with Crippen molar-refractivity contribution in [1.29, 1.82) is 0 Å². The Kier molecular flexibility index (Phi) is 6.57. The highest BCUT2D eigenvalue weighted by molar-refractivity contribution is 6.05. The van der Waals surface area contributed by atoms with Crippen molar-refractivity contribution in [2.75, 3.05) is 6.54 Å². The van der Waals surface area contributed by atoms with Crippen LogP contribution in [-0.4, -0.2) is 49.6 Å². The van der Waals surface area contributed by atoms with Gasteiger partial charge < -0.3 is 21.1 Å². The second-order valence-corrected chi connectivity index (χ2v) is 11.8. The lowest BCUT2D eigenvalue weighted by Gasteiger charge is -2.46. The molecule has 35 heavy (non-hydrogen) atoms. The molecule has 190 valence electrons. The van der Waals surface area contributed by atoms with Crippen LogP contribution in [0, 0.1) is 0 Å². The Hall–Kier alpha value is -2.71. The van der Waals surface area contributed by atoms with E-state index >= 15 is 0 Å². The number of aromatic nitrogens is 3. The van der Waals surface area contributed by atoms with E-state index in [2.05, 4.69) is 62.6 Å². The van der Waals surface area contributed by atoms with Crippen molar-refractivity contribution >= 4 is 16.9 Å². The molecule has 0 radical (unpaired) electrons. The molecule has 4 heterocycles. The lowest BCUT2D eigenvalue weighted by Crippen LogP contribution is -2.57. The maximum Gasteiger partial charge on any atom is 0.252 e. The van der Waals surface area contributed by atoms with E-state index in [1.807, 2.05) is 30.7 Å². The van der Waals surface area contributed by atoms with Gasteiger partial charge in [0.1, 0.15) is 6.23 Å². The monoisotopic (exact) mass is 480 g/mol. The Morgan fingerprint density at radius 3 is 2.49 bits per heavy atom. The van der Waals surface area contributed by atoms with Crippen LogP contribution in [-0.2, 0) is 0 Å². The first-order chi connectivity index (χ1) is 16.3. The molecular weight excluding hydrogens is 440 g/mol. The number of allylic oxidation sites excluding steroid dienone is 3. The van der Waals surface area contributed by atoms with Gasteiger partial charge in [0, 0.05) is 46.5 Å². The van der Waals surface area contributed by atoms with Gasteiger partial charge >= 0.3 is 0 Å². The van der Waals surface area contributed by atoms with Crippen LogP contribution in [0.1, 0.15) is 96.2 Å². The standard InChI is InChI=1S/C27H40N6O2/c1-15(2)33-23-21(14-29-33)19(24(34)28-13-20-16(3)9-17(4)30-25(20)35)10-22(31-23)18-11-26(5,6)32-27(7,8)12-18/h9-10,14-15,18,25,30,32,35H,11-13H2,1-8H3,(H,28,34). The second kappa shape index (κ2) is 9.06. The maximum absolute atomic E-state index is 13.5. The Morgan fingerprint density at radius 1 is 1.23 bits per heavy atom. The number of carbonyl (C=O) groups is 1. The molecule has 8 nitrogen and oxygen atoms in total. The molecule has 4 rings (SSSR count). The van der Waals surface area contributed by atoms with Gasteiger partial charge in [0.2, 0.25) is 0 Å². The van der Waals surface area contributed by atoms with Gasteiger partial charge in [0.15, 0.2) is 5.65 Å². The van der Waals surface area contributed by atoms with Gasteiger partial charge in [-0.1, -0.05) is 0 Å². The third-order valence-electron chi connectivity index (χ3n) is 7.00. The summed E-state index contributed by atoms with van der Waals surface area (Å²) in [5.41, 5.74) is 4.79. The molecule has 1 saturated heterocycles. The number of fused-ring (bicyclic) bond motifs is 1. The quantitative estimate of drug-likeness (QED) is 0.517. The van der Waals surface area contributed by atoms with Gasteiger partial charge in [-0.15, -0.1) is 0 Å². The molecule has 1 fully saturated rings. The lowest BCUT2D eigenvalue weighted by atomic mass is 9.74. The summed E-state index contributed by atoms with van der Waals surface area (Å²) in [7, 11) is 0. The molecule has 8 heteroatoms. The summed E-state index contributed by atoms with van der Waals surface area (Å²) in [6.07, 6.45) is 4.77. The third kappa shape index (κ3) is 5.28. The molecule has 0 aliphatic carbocycles. The van der Waals surface area contributed by atoms with Crippen molar-refractivity contribution in [2.45, 2.75) is 97.5 Å². The van der Waals surface area contributed by atoms with Crippen molar-refractivity contribution in [3.05, 3.63) is 46.4 Å². The second-order valence-electron chi connectivity index (χ2n) is 11.8. The molecule has 1 amide bonds. The number of hydrogen-bond acceptors (Lipinski definition) is 6. The molecule has 0 saturated carbocycles. The molecule has 2 aliphatic heterocycles. The van der Waals surface area contributed by atoms with E-state index in [9.17, 15) is 9.90 Å². The van der Waals surface area contributed by atoms with Crippen LogP contribution in [0.5, 0.6) is 0 Å². The van der Waals surface area contributed by atoms with Crippen LogP contribution >= 0.6 is 0 Å². The van der Waals surface area contributed by atoms with E-state index in [0.717, 1.165) is 46.4 Å². The molecule has 0 bridgehead atoms. The van der Waals surface area contributed by atoms with Crippen molar-refractivity contribution < 1.29 is 9.90 Å². The Balaban J connectivity index is 1.72. The van der Waals surface area contributed by atoms with Crippen molar-refractivity contribution in [2.24, 2.45) is 0 Å². The number of carbonyl (C=O) groups excluding carboxylic acids is 1. The summed E-state index contributed by atoms with van der Waals surface area (Å²) in [4.78, 5) is 18.6. The molecule has 2 aliphatic rings. The number of dihydropyridines is 1. The van der Waals surface area contributed by atoms with E-state index in [4.69, 9.17) is 4.98 Å². The van der Waals surface area contributed by atoms with Gasteiger partial charge in [0.25, 0.3) is 5.91 Å². The van der Waals surface area contributed by atoms with Gasteiger partial charge in [-0.05, 0) is 85.9 Å². The summed E-state index contributed by atoms with van der Waals surface area (Å²) >= 11 is 0. The minimum Gasteiger partial charge on any atom is -0.370 e. The molecule has 1 atom stereocenters. The van der Waals surface area contributed by atoms with Crippen LogP contribution in [0.2, 0.25) is 0 Å². The van der Waals surface area contributed by atoms with Crippen molar-refractivity contribution in [1.82, 2.24) is 30.7 Å². The van der Waals surface area contributed by atoms with Crippen LogP contribution in [0.4, 0.5) is 0 Å². The van der Waals surface area contributed by atoms with Crippen LogP contribution in [0.25, 0.3) is 11.0 Å². The highest BCUT2D eigenvalue weighted by Crippen LogP contribution is 2.39. The largest absolute Gasteiger partial charge is 0.370 e. The first kappa shape index (κ1) is 25.4. The fraction of sp³-hybridized carbons (Fsp3) is 0.593. The highest BCUT2D eigenvalue weighted by Gasteiger charge is 2.39. The Labute approximate surface area is 208 Å². The molecule has 0 aromatic carbocycles. The lowest BCUT2D eigenvalue weighted by molar-refractivity contribution is 0.0954. The summed E-state index contributed by atoms with van der Waals surface area (Å²) in [6, 6.07) is 2.07. The number of aliphatic hydroxyl groups excluding tert-OH is 1. The Bertz CT molecular complexity index is 1190. The summed E-state index contributed by atoms with van der Waals surface area (Å²) in [5.74, 6) is 0.0309. The van der Waals surface area contributed by atoms with Gasteiger partial charge in [-0.3, -0.25) is 4.79 Å². The number of piperidine rings is 1. The minimum atomic E-state index is -0.809. The molecule has 1 unspecified atom stereocenters. The average Bonchev–Trinajstić information content (AvgIpc) is 3.14. The minimum absolute atomic E-state index is 0.0382. The first-order valence-corrected chi connectivity index (χ1v) is 12.5. The molecular formula is C27H40N6O2. The van der Waals surface area contributed by atoms with Crippen LogP contribution in [0.3, 0.4) is 0 Å². The van der Waals surface area contributed by atoms with Gasteiger partial charge in [0.05, 0.1) is 17.1 Å². The van der Waals surface area contributed by atoms with E-state index in [0.29, 0.717) is 5.56 Å². The summed E-state index contributed by atoms with van der Waals surface area (Å²) in [5, 5.41) is 25.5. The van der Waals surface area contributed by atoms with Crippen molar-refractivity contribution in [3.63, 3.8) is 0 Å². The number of nitrogens with one attached hydrogen (secondary N) is 3. The number of pyridine rings is 1. The predicted octanol–water partition coefficient (Wildman–Crippen LogP) is 3.91. The number of hydrogen-bond donors (Lipinski definition) is 4. The zero-order valence-electron chi connectivity index (χ0n) is 22.3. The van der Waals surface area contributed by atoms with E-state index in [1.54, 1.807) is 6.20 Å². The zero-order chi connectivity index (χ0) is 25.7. The summed E-state index contributed by atoms with van der Waals surface area (Å²) in [6.45, 7) is 17.1.